The molecule has 0 aromatic rings. The van der Waals surface area contributed by atoms with Gasteiger partial charge in [-0.1, -0.05) is 26.7 Å². The molecule has 0 aromatic carbocycles. The van der Waals surface area contributed by atoms with Crippen molar-refractivity contribution in [2.75, 3.05) is 39.6 Å². The highest BCUT2D eigenvalue weighted by Gasteiger charge is 2.29. The molecule has 0 bridgehead atoms. The van der Waals surface area contributed by atoms with Gasteiger partial charge >= 0.3 is 17.9 Å². The van der Waals surface area contributed by atoms with Gasteiger partial charge in [-0.2, -0.15) is 0 Å². The minimum Gasteiger partial charge on any atom is -0.498 e. The SMILES string of the molecule is C=COCCOC(=O)CCC(CC(CC)C(=O)OCCOC=C)C(=O)OCCOC=C. The summed E-state index contributed by atoms with van der Waals surface area (Å²) in [7, 11) is 0. The Labute approximate surface area is 184 Å². The van der Waals surface area contributed by atoms with Crippen LogP contribution in [0.4, 0.5) is 0 Å². The molecule has 2 unspecified atom stereocenters. The molecule has 0 aliphatic carbocycles. The van der Waals surface area contributed by atoms with Crippen LogP contribution in [0.1, 0.15) is 32.6 Å². The summed E-state index contributed by atoms with van der Waals surface area (Å²) in [6.07, 6.45) is 4.58. The maximum atomic E-state index is 12.5. The van der Waals surface area contributed by atoms with Crippen molar-refractivity contribution in [2.45, 2.75) is 32.6 Å². The van der Waals surface area contributed by atoms with Gasteiger partial charge in [-0.25, -0.2) is 0 Å². The number of hydrogen-bond donors (Lipinski definition) is 0. The molecular formula is C22H34O9. The van der Waals surface area contributed by atoms with E-state index in [1.54, 1.807) is 0 Å². The van der Waals surface area contributed by atoms with Crippen molar-refractivity contribution in [1.29, 1.82) is 0 Å². The molecule has 0 saturated heterocycles. The molecule has 0 heterocycles. The first-order valence-electron chi connectivity index (χ1n) is 10.2. The second kappa shape index (κ2) is 19.0. The smallest absolute Gasteiger partial charge is 0.309 e. The summed E-state index contributed by atoms with van der Waals surface area (Å²) in [6, 6.07) is 0. The van der Waals surface area contributed by atoms with E-state index < -0.39 is 29.7 Å². The van der Waals surface area contributed by atoms with Gasteiger partial charge in [-0.15, -0.1) is 0 Å². The van der Waals surface area contributed by atoms with Gasteiger partial charge in [-0.3, -0.25) is 14.4 Å². The van der Waals surface area contributed by atoms with Crippen LogP contribution in [0.15, 0.2) is 38.5 Å². The fourth-order valence-electron chi connectivity index (χ4n) is 2.54. The van der Waals surface area contributed by atoms with Gasteiger partial charge in [0.1, 0.15) is 39.6 Å². The Balaban J connectivity index is 4.81. The Morgan fingerprint density at radius 2 is 1.16 bits per heavy atom. The second-order valence-electron chi connectivity index (χ2n) is 6.24. The minimum absolute atomic E-state index is 0.00430. The normalized spacial score (nSPS) is 11.9. The van der Waals surface area contributed by atoms with Gasteiger partial charge in [0.15, 0.2) is 0 Å². The van der Waals surface area contributed by atoms with Gasteiger partial charge in [0, 0.05) is 6.42 Å². The van der Waals surface area contributed by atoms with E-state index in [1.807, 2.05) is 6.92 Å². The zero-order chi connectivity index (χ0) is 23.3. The van der Waals surface area contributed by atoms with Crippen LogP contribution in [0.25, 0.3) is 0 Å². The molecule has 9 nitrogen and oxygen atoms in total. The van der Waals surface area contributed by atoms with Crippen LogP contribution < -0.4 is 0 Å². The molecule has 0 aromatic heterocycles. The third-order valence-corrected chi connectivity index (χ3v) is 4.13. The second-order valence-corrected chi connectivity index (χ2v) is 6.24. The van der Waals surface area contributed by atoms with Crippen LogP contribution in [-0.4, -0.2) is 57.5 Å². The van der Waals surface area contributed by atoms with Crippen LogP contribution in [0.3, 0.4) is 0 Å². The van der Waals surface area contributed by atoms with Crippen LogP contribution >= 0.6 is 0 Å². The molecule has 176 valence electrons. The lowest BCUT2D eigenvalue weighted by molar-refractivity contribution is -0.154. The number of rotatable bonds is 20. The highest BCUT2D eigenvalue weighted by molar-refractivity contribution is 5.77. The summed E-state index contributed by atoms with van der Waals surface area (Å²) >= 11 is 0. The van der Waals surface area contributed by atoms with E-state index in [-0.39, 0.29) is 58.9 Å². The number of carbonyl (C=O) groups is 3. The van der Waals surface area contributed by atoms with E-state index in [0.29, 0.717) is 6.42 Å². The minimum atomic E-state index is -0.678. The van der Waals surface area contributed by atoms with Gasteiger partial charge < -0.3 is 28.4 Å². The third kappa shape index (κ3) is 14.6. The molecule has 0 amide bonds. The Bertz CT molecular complexity index is 559. The number of esters is 3. The standard InChI is InChI=1S/C22H34O9/c1-5-18(21(24)30-15-12-27-7-3)17-19(22(25)31-16-13-28-8-4)9-10-20(23)29-14-11-26-6-2/h6-8,18-19H,2-5,9-17H2,1H3. The van der Waals surface area contributed by atoms with Gasteiger partial charge in [0.05, 0.1) is 30.6 Å². The summed E-state index contributed by atoms with van der Waals surface area (Å²) in [4.78, 5) is 36.8. The van der Waals surface area contributed by atoms with E-state index in [4.69, 9.17) is 28.4 Å². The third-order valence-electron chi connectivity index (χ3n) is 4.13. The van der Waals surface area contributed by atoms with Crippen molar-refractivity contribution in [2.24, 2.45) is 11.8 Å². The topological polar surface area (TPSA) is 107 Å². The number of hydrogen-bond acceptors (Lipinski definition) is 9. The molecule has 0 radical (unpaired) electrons. The van der Waals surface area contributed by atoms with Crippen LogP contribution in [0, 0.1) is 11.8 Å². The lowest BCUT2D eigenvalue weighted by Gasteiger charge is -2.20. The van der Waals surface area contributed by atoms with E-state index in [2.05, 4.69) is 19.7 Å². The Kier molecular flexibility index (Phi) is 17.2. The highest BCUT2D eigenvalue weighted by Crippen LogP contribution is 2.23. The first-order valence-corrected chi connectivity index (χ1v) is 10.2. The van der Waals surface area contributed by atoms with Crippen molar-refractivity contribution in [3.8, 4) is 0 Å². The lowest BCUT2D eigenvalue weighted by Crippen LogP contribution is -2.27. The molecule has 31 heavy (non-hydrogen) atoms. The van der Waals surface area contributed by atoms with E-state index >= 15 is 0 Å². The number of carbonyl (C=O) groups excluding carboxylic acids is 3. The predicted molar refractivity (Wildman–Crippen MR) is 112 cm³/mol. The first kappa shape index (κ1) is 28.0. The quantitative estimate of drug-likeness (QED) is 0.122. The van der Waals surface area contributed by atoms with E-state index in [9.17, 15) is 14.4 Å². The fraction of sp³-hybridized carbons (Fsp3) is 0.591. The Hall–Kier alpha value is -2.97. The van der Waals surface area contributed by atoms with Crippen molar-refractivity contribution in [1.82, 2.24) is 0 Å². The summed E-state index contributed by atoms with van der Waals surface area (Å²) in [6.45, 7) is 12.8. The van der Waals surface area contributed by atoms with Crippen LogP contribution in [0.5, 0.6) is 0 Å². The zero-order valence-electron chi connectivity index (χ0n) is 18.3. The lowest BCUT2D eigenvalue weighted by atomic mass is 9.89. The maximum Gasteiger partial charge on any atom is 0.309 e. The number of ether oxygens (including phenoxy) is 6. The van der Waals surface area contributed by atoms with Crippen LogP contribution in [-0.2, 0) is 42.8 Å². The Morgan fingerprint density at radius 3 is 1.61 bits per heavy atom. The van der Waals surface area contributed by atoms with Crippen molar-refractivity contribution < 1.29 is 42.8 Å². The molecule has 0 rings (SSSR count). The van der Waals surface area contributed by atoms with Gasteiger partial charge in [-0.05, 0) is 19.3 Å². The van der Waals surface area contributed by atoms with Gasteiger partial charge in [0.25, 0.3) is 0 Å². The monoisotopic (exact) mass is 442 g/mol. The summed E-state index contributed by atoms with van der Waals surface area (Å²) in [5.41, 5.74) is 0. The molecule has 0 fully saturated rings. The average Bonchev–Trinajstić information content (AvgIpc) is 2.77. The van der Waals surface area contributed by atoms with Crippen LogP contribution in [0.2, 0.25) is 0 Å². The van der Waals surface area contributed by atoms with Crippen molar-refractivity contribution in [3.63, 3.8) is 0 Å². The summed E-state index contributed by atoms with van der Waals surface area (Å²) in [5, 5.41) is 0. The summed E-state index contributed by atoms with van der Waals surface area (Å²) < 4.78 is 30.2. The van der Waals surface area contributed by atoms with E-state index in [1.165, 1.54) is 18.8 Å². The molecule has 2 atom stereocenters. The highest BCUT2D eigenvalue weighted by atomic mass is 16.6. The van der Waals surface area contributed by atoms with Gasteiger partial charge in [0.2, 0.25) is 0 Å². The Morgan fingerprint density at radius 1 is 0.710 bits per heavy atom. The molecule has 0 spiro atoms. The fourth-order valence-corrected chi connectivity index (χ4v) is 2.54. The molecule has 0 aliphatic rings. The molecule has 0 N–H and O–H groups in total. The molecule has 0 aliphatic heterocycles. The average molecular weight is 443 g/mol. The maximum absolute atomic E-state index is 12.5. The zero-order valence-corrected chi connectivity index (χ0v) is 18.3. The van der Waals surface area contributed by atoms with E-state index in [0.717, 1.165) is 0 Å². The predicted octanol–water partition coefficient (Wildman–Crippen LogP) is 2.91. The molecule has 0 saturated carbocycles. The van der Waals surface area contributed by atoms with Crippen molar-refractivity contribution >= 4 is 17.9 Å². The largest absolute Gasteiger partial charge is 0.498 e. The summed E-state index contributed by atoms with van der Waals surface area (Å²) in [5.74, 6) is -2.63. The molecule has 9 heteroatoms. The molecular weight excluding hydrogens is 408 g/mol. The first-order chi connectivity index (χ1) is 15.0. The van der Waals surface area contributed by atoms with Crippen molar-refractivity contribution in [3.05, 3.63) is 38.5 Å².